The molecule has 3 rings (SSSR count). The molecular weight excluding hydrogens is 355 g/mol. The second-order valence-electron chi connectivity index (χ2n) is 6.78. The smallest absolute Gasteiger partial charge is 0.381 e. The van der Waals surface area contributed by atoms with E-state index in [9.17, 15) is 13.2 Å². The van der Waals surface area contributed by atoms with E-state index >= 15 is 0 Å². The molecule has 1 aliphatic rings. The summed E-state index contributed by atoms with van der Waals surface area (Å²) in [5.41, 5.74) is 1.07. The number of pyridine rings is 2. The molecule has 27 heavy (non-hydrogen) atoms. The van der Waals surface area contributed by atoms with Crippen LogP contribution in [0, 0.1) is 5.92 Å². The van der Waals surface area contributed by atoms with Gasteiger partial charge in [-0.2, -0.15) is 13.2 Å². The highest BCUT2D eigenvalue weighted by Gasteiger charge is 2.33. The summed E-state index contributed by atoms with van der Waals surface area (Å²) >= 11 is 0. The van der Waals surface area contributed by atoms with Crippen LogP contribution in [0.2, 0.25) is 0 Å². The number of hydrogen-bond donors (Lipinski definition) is 0. The Labute approximate surface area is 157 Å². The number of aromatic nitrogens is 2. The lowest BCUT2D eigenvalue weighted by Gasteiger charge is -2.37. The molecule has 1 atom stereocenters. The van der Waals surface area contributed by atoms with Gasteiger partial charge < -0.3 is 9.64 Å². The van der Waals surface area contributed by atoms with Crippen molar-refractivity contribution in [1.82, 2.24) is 9.97 Å². The van der Waals surface area contributed by atoms with Crippen LogP contribution in [0.15, 0.2) is 42.9 Å². The van der Waals surface area contributed by atoms with E-state index < -0.39 is 11.9 Å². The summed E-state index contributed by atoms with van der Waals surface area (Å²) in [6.45, 7) is 4.91. The highest BCUT2D eigenvalue weighted by atomic mass is 19.4. The Bertz CT molecular complexity index is 699. The fraction of sp³-hybridized carbons (Fsp3) is 0.500. The third-order valence-electron chi connectivity index (χ3n) is 5.13. The molecule has 1 saturated heterocycles. The van der Waals surface area contributed by atoms with E-state index in [4.69, 9.17) is 4.74 Å². The van der Waals surface area contributed by atoms with Crippen molar-refractivity contribution in [3.05, 3.63) is 54.1 Å². The van der Waals surface area contributed by atoms with Crippen LogP contribution in [0.5, 0.6) is 0 Å². The Morgan fingerprint density at radius 1 is 1.19 bits per heavy atom. The second-order valence-corrected chi connectivity index (χ2v) is 6.78. The van der Waals surface area contributed by atoms with Crippen molar-refractivity contribution in [1.29, 1.82) is 0 Å². The van der Waals surface area contributed by atoms with E-state index in [1.807, 2.05) is 19.2 Å². The quantitative estimate of drug-likeness (QED) is 0.739. The van der Waals surface area contributed by atoms with Crippen LogP contribution < -0.4 is 4.90 Å². The molecule has 0 spiro atoms. The molecule has 0 saturated carbocycles. The zero-order valence-corrected chi connectivity index (χ0v) is 15.3. The van der Waals surface area contributed by atoms with Gasteiger partial charge in [0.1, 0.15) is 5.69 Å². The first-order chi connectivity index (χ1) is 13.0. The van der Waals surface area contributed by atoms with E-state index in [0.29, 0.717) is 19.1 Å². The van der Waals surface area contributed by atoms with E-state index in [1.165, 1.54) is 17.8 Å². The Balaban J connectivity index is 1.64. The van der Waals surface area contributed by atoms with Gasteiger partial charge in [0.05, 0.1) is 18.5 Å². The summed E-state index contributed by atoms with van der Waals surface area (Å²) in [5, 5.41) is 0. The molecule has 0 aromatic carbocycles. The number of alkyl halides is 3. The average Bonchev–Trinajstić information content (AvgIpc) is 2.69. The second kappa shape index (κ2) is 8.69. The molecule has 1 aliphatic heterocycles. The summed E-state index contributed by atoms with van der Waals surface area (Å²) < 4.78 is 43.7. The summed E-state index contributed by atoms with van der Waals surface area (Å²) in [6.07, 6.45) is 2.49. The first kappa shape index (κ1) is 19.6. The molecular formula is C20H24F3N3O. The molecule has 0 bridgehead atoms. The highest BCUT2D eigenvalue weighted by molar-refractivity contribution is 5.45. The number of ether oxygens (including phenoxy) is 1. The highest BCUT2D eigenvalue weighted by Crippen LogP contribution is 2.35. The van der Waals surface area contributed by atoms with E-state index in [-0.39, 0.29) is 5.92 Å². The van der Waals surface area contributed by atoms with Gasteiger partial charge in [0.2, 0.25) is 0 Å². The predicted octanol–water partition coefficient (Wildman–Crippen LogP) is 4.53. The summed E-state index contributed by atoms with van der Waals surface area (Å²) in [5.74, 6) is 0.742. The Kier molecular flexibility index (Phi) is 6.31. The first-order valence-electron chi connectivity index (χ1n) is 9.25. The van der Waals surface area contributed by atoms with Gasteiger partial charge in [-0.3, -0.25) is 4.98 Å². The molecule has 3 heterocycles. The molecule has 0 amide bonds. The molecule has 0 aliphatic carbocycles. The minimum absolute atomic E-state index is 0.284. The number of hydrogen-bond acceptors (Lipinski definition) is 4. The van der Waals surface area contributed by atoms with E-state index in [1.54, 1.807) is 6.20 Å². The topological polar surface area (TPSA) is 38.2 Å². The van der Waals surface area contributed by atoms with Crippen molar-refractivity contribution >= 4 is 5.69 Å². The fourth-order valence-electron chi connectivity index (χ4n) is 3.65. The van der Waals surface area contributed by atoms with Gasteiger partial charge in [-0.15, -0.1) is 0 Å². The standard InChI is InChI=1S/C20H24F3N3O/c1-2-27-14-18(16-4-3-9-24-12-16)15-7-10-26(11-8-15)17-5-6-19(25-13-17)20(21,22)23/h3-6,9,12-13,15,18H,2,7-8,10-11,14H2,1H3. The molecule has 0 radical (unpaired) electrons. The SMILES string of the molecule is CCOCC(c1cccnc1)C1CCN(c2ccc(C(F)(F)F)nc2)CC1. The molecule has 2 aromatic heterocycles. The van der Waals surface area contributed by atoms with Crippen LogP contribution in [0.3, 0.4) is 0 Å². The van der Waals surface area contributed by atoms with Crippen molar-refractivity contribution in [3.8, 4) is 0 Å². The van der Waals surface area contributed by atoms with Crippen molar-refractivity contribution < 1.29 is 17.9 Å². The van der Waals surface area contributed by atoms with Crippen LogP contribution in [0.25, 0.3) is 0 Å². The minimum Gasteiger partial charge on any atom is -0.381 e. The number of halogens is 3. The summed E-state index contributed by atoms with van der Waals surface area (Å²) in [4.78, 5) is 9.91. The fourth-order valence-corrected chi connectivity index (χ4v) is 3.65. The van der Waals surface area contributed by atoms with Gasteiger partial charge in [0.25, 0.3) is 0 Å². The molecule has 0 N–H and O–H groups in total. The van der Waals surface area contributed by atoms with Crippen LogP contribution in [0.4, 0.5) is 18.9 Å². The third kappa shape index (κ3) is 4.97. The lowest BCUT2D eigenvalue weighted by molar-refractivity contribution is -0.141. The lowest BCUT2D eigenvalue weighted by atomic mass is 9.81. The number of rotatable bonds is 6. The van der Waals surface area contributed by atoms with Crippen molar-refractivity contribution in [2.45, 2.75) is 31.9 Å². The van der Waals surface area contributed by atoms with Crippen molar-refractivity contribution in [3.63, 3.8) is 0 Å². The zero-order chi connectivity index (χ0) is 19.3. The third-order valence-corrected chi connectivity index (χ3v) is 5.13. The molecule has 1 unspecified atom stereocenters. The molecule has 2 aromatic rings. The van der Waals surface area contributed by atoms with Crippen LogP contribution in [-0.4, -0.2) is 36.3 Å². The van der Waals surface area contributed by atoms with Gasteiger partial charge >= 0.3 is 6.18 Å². The Morgan fingerprint density at radius 3 is 2.52 bits per heavy atom. The van der Waals surface area contributed by atoms with Crippen LogP contribution in [-0.2, 0) is 10.9 Å². The van der Waals surface area contributed by atoms with Gasteiger partial charge in [0, 0.05) is 38.0 Å². The normalized spacial score (nSPS) is 17.1. The molecule has 1 fully saturated rings. The van der Waals surface area contributed by atoms with Crippen LogP contribution in [0.1, 0.15) is 36.9 Å². The van der Waals surface area contributed by atoms with Gasteiger partial charge in [0.15, 0.2) is 0 Å². The number of nitrogens with zero attached hydrogens (tertiary/aromatic N) is 3. The lowest BCUT2D eigenvalue weighted by Crippen LogP contribution is -2.36. The van der Waals surface area contributed by atoms with Gasteiger partial charge in [-0.25, -0.2) is 4.98 Å². The predicted molar refractivity (Wildman–Crippen MR) is 97.6 cm³/mol. The number of anilines is 1. The average molecular weight is 379 g/mol. The monoisotopic (exact) mass is 379 g/mol. The maximum atomic E-state index is 12.7. The Morgan fingerprint density at radius 2 is 1.96 bits per heavy atom. The summed E-state index contributed by atoms with van der Waals surface area (Å²) in [7, 11) is 0. The first-order valence-corrected chi connectivity index (χ1v) is 9.25. The van der Waals surface area contributed by atoms with E-state index in [0.717, 1.165) is 37.7 Å². The van der Waals surface area contributed by atoms with Gasteiger partial charge in [-0.1, -0.05) is 6.07 Å². The van der Waals surface area contributed by atoms with Gasteiger partial charge in [-0.05, 0) is 49.4 Å². The Hall–Kier alpha value is -2.15. The molecule has 146 valence electrons. The summed E-state index contributed by atoms with van der Waals surface area (Å²) in [6, 6.07) is 6.59. The van der Waals surface area contributed by atoms with E-state index in [2.05, 4.69) is 20.9 Å². The maximum absolute atomic E-state index is 12.7. The van der Waals surface area contributed by atoms with Crippen molar-refractivity contribution in [2.24, 2.45) is 5.92 Å². The zero-order valence-electron chi connectivity index (χ0n) is 15.3. The largest absolute Gasteiger partial charge is 0.433 e. The molecule has 7 heteroatoms. The maximum Gasteiger partial charge on any atom is 0.433 e. The minimum atomic E-state index is -4.40. The number of piperidine rings is 1. The van der Waals surface area contributed by atoms with Crippen molar-refractivity contribution in [2.75, 3.05) is 31.2 Å². The van der Waals surface area contributed by atoms with Crippen LogP contribution >= 0.6 is 0 Å². The molecule has 4 nitrogen and oxygen atoms in total.